The van der Waals surface area contributed by atoms with E-state index in [1.54, 1.807) is 0 Å². The monoisotopic (exact) mass is 636 g/mol. The summed E-state index contributed by atoms with van der Waals surface area (Å²) in [4.78, 5) is 0. The summed E-state index contributed by atoms with van der Waals surface area (Å²) in [6.07, 6.45) is 0. The summed E-state index contributed by atoms with van der Waals surface area (Å²) in [5.74, 6) is 0. The Morgan fingerprint density at radius 3 is 0.480 bits per heavy atom. The van der Waals surface area contributed by atoms with Gasteiger partial charge < -0.3 is 13.7 Å². The summed E-state index contributed by atoms with van der Waals surface area (Å²) in [6.45, 7) is 0. The Morgan fingerprint density at radius 1 is 0.440 bits per heavy atom. The van der Waals surface area contributed by atoms with Gasteiger partial charge in [-0.3, -0.25) is 0 Å². The van der Waals surface area contributed by atoms with E-state index in [2.05, 4.69) is 104 Å². The molecule has 9 nitrogen and oxygen atoms in total. The summed E-state index contributed by atoms with van der Waals surface area (Å²) in [5, 5.41) is 0. The molecule has 0 bridgehead atoms. The van der Waals surface area contributed by atoms with Gasteiger partial charge in [-0.1, -0.05) is 104 Å². The van der Waals surface area contributed by atoms with E-state index in [0.29, 0.717) is 0 Å². The van der Waals surface area contributed by atoms with Gasteiger partial charge in [0.05, 0.1) is 0 Å². The fourth-order valence-electron chi connectivity index (χ4n) is 0. The Labute approximate surface area is 206 Å². The molecule has 0 atom stereocenters. The van der Waals surface area contributed by atoms with Crippen LogP contribution in [0.3, 0.4) is 0 Å². The van der Waals surface area contributed by atoms with Gasteiger partial charge in [0, 0.05) is 0 Å². The minimum Gasteiger partial charge on any atom is -0.745 e. The van der Waals surface area contributed by atoms with E-state index >= 15 is 0 Å². The average Bonchev–Trinajstić information content (AvgIpc) is 2.08. The van der Waals surface area contributed by atoms with Crippen LogP contribution in [-0.2, 0) is 56.2 Å². The summed E-state index contributed by atoms with van der Waals surface area (Å²) in [6, 6.07) is 0. The molecule has 25 heavy (non-hydrogen) atoms. The third-order valence-electron chi connectivity index (χ3n) is 0.850. The van der Waals surface area contributed by atoms with E-state index < -0.39 is 39.7 Å². The quantitative estimate of drug-likeness (QED) is 0.285. The Bertz CT molecular complexity index is 596. The number of hydrogen-bond acceptors (Lipinski definition) is 9. The fourth-order valence-corrected chi connectivity index (χ4v) is 0. The molecular formula is C3Cl9O9S3Sc. The third-order valence-corrected chi connectivity index (χ3v) is 7.65. The van der Waals surface area contributed by atoms with E-state index in [1.165, 1.54) is 0 Å². The van der Waals surface area contributed by atoms with E-state index in [4.69, 9.17) is 0 Å². The molecule has 0 aliphatic heterocycles. The molecule has 0 saturated heterocycles. The third kappa shape index (κ3) is 18.9. The normalized spacial score (nSPS) is 13.4. The number of alkyl halides is 9. The van der Waals surface area contributed by atoms with E-state index in [9.17, 15) is 38.9 Å². The first-order chi connectivity index (χ1) is 9.75. The molecule has 0 fully saturated rings. The smallest absolute Gasteiger partial charge is 0.745 e. The van der Waals surface area contributed by atoms with Gasteiger partial charge in [-0.15, -0.1) is 0 Å². The van der Waals surface area contributed by atoms with Crippen LogP contribution in [0.25, 0.3) is 0 Å². The molecule has 150 valence electrons. The molecule has 0 heterocycles. The Morgan fingerprint density at radius 2 is 0.480 bits per heavy atom. The van der Waals surface area contributed by atoms with Crippen molar-refractivity contribution in [2.24, 2.45) is 0 Å². The van der Waals surface area contributed by atoms with Crippen LogP contribution in [0.15, 0.2) is 0 Å². The zero-order valence-corrected chi connectivity index (χ0v) is 21.4. The van der Waals surface area contributed by atoms with Gasteiger partial charge in [-0.05, 0) is 0 Å². The van der Waals surface area contributed by atoms with Crippen molar-refractivity contribution in [1.82, 2.24) is 0 Å². The maximum Gasteiger partial charge on any atom is 3.00 e. The van der Waals surface area contributed by atoms with Gasteiger partial charge in [-0.2, -0.15) is 0 Å². The molecule has 0 aromatic carbocycles. The Hall–Kier alpha value is 3.21. The van der Waals surface area contributed by atoms with Gasteiger partial charge in [0.25, 0.3) is 9.37 Å². The molecule has 0 unspecified atom stereocenters. The largest absolute Gasteiger partial charge is 3.00 e. The van der Waals surface area contributed by atoms with Crippen molar-refractivity contribution in [1.29, 1.82) is 0 Å². The fraction of sp³-hybridized carbons (Fsp3) is 1.00. The van der Waals surface area contributed by atoms with E-state index in [0.717, 1.165) is 0 Å². The van der Waals surface area contributed by atoms with Crippen molar-refractivity contribution >= 4 is 135 Å². The van der Waals surface area contributed by atoms with Crippen molar-refractivity contribution in [3.8, 4) is 0 Å². The Balaban J connectivity index is -0.000000130. The van der Waals surface area contributed by atoms with Crippen LogP contribution in [0.2, 0.25) is 0 Å². The second-order valence-corrected chi connectivity index (χ2v) is 16.1. The van der Waals surface area contributed by atoms with Crippen LogP contribution in [0.1, 0.15) is 0 Å². The van der Waals surface area contributed by atoms with Gasteiger partial charge in [-0.25, -0.2) is 25.3 Å². The molecule has 0 aliphatic carbocycles. The number of rotatable bonds is 0. The van der Waals surface area contributed by atoms with Crippen molar-refractivity contribution in [3.63, 3.8) is 0 Å². The topological polar surface area (TPSA) is 172 Å². The summed E-state index contributed by atoms with van der Waals surface area (Å²) >= 11 is 41.8. The summed E-state index contributed by atoms with van der Waals surface area (Å²) in [7, 11) is -14.4. The van der Waals surface area contributed by atoms with Gasteiger partial charge in [0.1, 0.15) is 30.4 Å². The molecule has 0 spiro atoms. The predicted molar refractivity (Wildman–Crippen MR) is 90.0 cm³/mol. The second kappa shape index (κ2) is 12.2. The van der Waals surface area contributed by atoms with Crippen molar-refractivity contribution in [2.75, 3.05) is 0 Å². The molecule has 0 amide bonds. The summed E-state index contributed by atoms with van der Waals surface area (Å²) < 4.78 is 79.1. The van der Waals surface area contributed by atoms with Gasteiger partial charge >= 0.3 is 25.8 Å². The van der Waals surface area contributed by atoms with Crippen molar-refractivity contribution in [2.45, 2.75) is 9.37 Å². The molecule has 0 rings (SSSR count). The van der Waals surface area contributed by atoms with Crippen molar-refractivity contribution < 1.29 is 64.8 Å². The predicted octanol–water partition coefficient (Wildman–Crippen LogP) is 2.58. The maximum absolute atomic E-state index is 9.70. The Kier molecular flexibility index (Phi) is 17.3. The van der Waals surface area contributed by atoms with Crippen LogP contribution in [0.4, 0.5) is 0 Å². The first kappa shape index (κ1) is 35.6. The summed E-state index contributed by atoms with van der Waals surface area (Å²) in [5.41, 5.74) is 0. The first-order valence-corrected chi connectivity index (χ1v) is 11.4. The SMILES string of the molecule is O=S(=O)([O-])C(Cl)(Cl)Cl.O=S(=O)([O-])C(Cl)(Cl)Cl.O=S(=O)([O-])C(Cl)(Cl)Cl.[Sc+3]. The molecule has 0 aliphatic rings. The molecule has 0 N–H and O–H groups in total. The van der Waals surface area contributed by atoms with Crippen LogP contribution in [0.5, 0.6) is 0 Å². The molecule has 0 aromatic heterocycles. The maximum atomic E-state index is 9.70. The van der Waals surface area contributed by atoms with Crippen LogP contribution in [-0.4, -0.2) is 48.3 Å². The molecule has 0 aromatic rings. The van der Waals surface area contributed by atoms with E-state index in [-0.39, 0.29) is 25.8 Å². The molecule has 0 saturated carbocycles. The second-order valence-electron chi connectivity index (χ2n) is 2.70. The minimum absolute atomic E-state index is 0. The van der Waals surface area contributed by atoms with Crippen LogP contribution < -0.4 is 0 Å². The van der Waals surface area contributed by atoms with E-state index in [1.807, 2.05) is 0 Å². The number of halogens is 9. The zero-order chi connectivity index (χ0) is 21.0. The van der Waals surface area contributed by atoms with Crippen LogP contribution in [0, 0.1) is 0 Å². The standard InChI is InChI=1S/3CHCl3O3S.Sc/c3*2-1(3,4)8(5,6)7;/h3*(H,5,6,7);/q;;;+3/p-3. The van der Waals surface area contributed by atoms with Gasteiger partial charge in [0.2, 0.25) is 0 Å². The first-order valence-electron chi connectivity index (χ1n) is 3.81. The number of hydrogen-bond donors (Lipinski definition) is 0. The van der Waals surface area contributed by atoms with Gasteiger partial charge in [0.15, 0.2) is 0 Å². The average molecular weight is 640 g/mol. The zero-order valence-electron chi connectivity index (χ0n) is 10.4. The minimum atomic E-state index is -4.79. The molecule has 22 heteroatoms. The molecular weight excluding hydrogens is 640 g/mol. The van der Waals surface area contributed by atoms with Crippen molar-refractivity contribution in [3.05, 3.63) is 0 Å². The van der Waals surface area contributed by atoms with Crippen LogP contribution >= 0.6 is 104 Å². The molecule has 0 radical (unpaired) electrons.